The van der Waals surface area contributed by atoms with Gasteiger partial charge in [-0.3, -0.25) is 4.79 Å². The maximum Gasteiger partial charge on any atom is 0.349 e. The lowest BCUT2D eigenvalue weighted by Crippen LogP contribution is -2.48. The van der Waals surface area contributed by atoms with Crippen molar-refractivity contribution < 1.29 is 23.8 Å². The normalized spacial score (nSPS) is 16.6. The predicted molar refractivity (Wildman–Crippen MR) is 115 cm³/mol. The summed E-state index contributed by atoms with van der Waals surface area (Å²) in [7, 11) is 1.48. The van der Waals surface area contributed by atoms with Crippen LogP contribution in [0.25, 0.3) is 11.0 Å². The number of methoxy groups -OCH3 is 1. The van der Waals surface area contributed by atoms with E-state index >= 15 is 0 Å². The zero-order valence-corrected chi connectivity index (χ0v) is 17.3. The Morgan fingerprint density at radius 1 is 1.16 bits per heavy atom. The summed E-state index contributed by atoms with van der Waals surface area (Å²) in [6, 6.07) is 15.9. The van der Waals surface area contributed by atoms with Gasteiger partial charge in [0.2, 0.25) is 0 Å². The van der Waals surface area contributed by atoms with Gasteiger partial charge in [-0.05, 0) is 36.5 Å². The lowest BCUT2D eigenvalue weighted by Gasteiger charge is -2.39. The fraction of sp³-hybridized carbons (Fsp3) is 0.333. The standard InChI is InChI=1S/C24H25NO6/c1-29-20-9-5-6-16-14-19(23(27)31-21(16)20)22(26)25-15-24(28,17-7-3-2-4-8-17)18-10-12-30-13-11-18/h2-9,14,18,28H,10-13,15H2,1H3,(H,25,26). The Morgan fingerprint density at radius 3 is 2.61 bits per heavy atom. The minimum absolute atomic E-state index is 0.0316. The molecule has 4 rings (SSSR count). The Balaban J connectivity index is 1.61. The van der Waals surface area contributed by atoms with E-state index in [1.165, 1.54) is 13.2 Å². The number of para-hydroxylation sites is 1. The summed E-state index contributed by atoms with van der Waals surface area (Å²) in [6.07, 6.45) is 1.36. The van der Waals surface area contributed by atoms with Gasteiger partial charge in [0.15, 0.2) is 11.3 Å². The Hall–Kier alpha value is -3.16. The molecule has 3 aromatic rings. The molecule has 0 bridgehead atoms. The third kappa shape index (κ3) is 4.19. The third-order valence-electron chi connectivity index (χ3n) is 5.88. The number of benzene rings is 2. The van der Waals surface area contributed by atoms with Crippen molar-refractivity contribution in [3.05, 3.63) is 76.1 Å². The minimum atomic E-state index is -1.28. The molecule has 0 spiro atoms. The van der Waals surface area contributed by atoms with Crippen LogP contribution in [-0.4, -0.2) is 37.9 Å². The van der Waals surface area contributed by atoms with E-state index in [0.717, 1.165) is 5.56 Å². The molecule has 2 N–H and O–H groups in total. The summed E-state index contributed by atoms with van der Waals surface area (Å²) < 4.78 is 16.0. The van der Waals surface area contributed by atoms with E-state index in [2.05, 4.69) is 5.32 Å². The van der Waals surface area contributed by atoms with E-state index < -0.39 is 17.1 Å². The van der Waals surface area contributed by atoms with Crippen molar-refractivity contribution in [2.24, 2.45) is 5.92 Å². The van der Waals surface area contributed by atoms with Gasteiger partial charge in [0, 0.05) is 18.6 Å². The number of ether oxygens (including phenoxy) is 2. The molecule has 1 aliphatic rings. The molecule has 1 aromatic heterocycles. The monoisotopic (exact) mass is 423 g/mol. The zero-order valence-electron chi connectivity index (χ0n) is 17.3. The van der Waals surface area contributed by atoms with E-state index in [1.54, 1.807) is 18.2 Å². The van der Waals surface area contributed by atoms with Crippen molar-refractivity contribution >= 4 is 16.9 Å². The van der Waals surface area contributed by atoms with Gasteiger partial charge in [-0.2, -0.15) is 0 Å². The molecule has 2 aromatic carbocycles. The van der Waals surface area contributed by atoms with Crippen LogP contribution in [0.2, 0.25) is 0 Å². The molecule has 7 heteroatoms. The molecule has 0 radical (unpaired) electrons. The molecule has 1 atom stereocenters. The second-order valence-corrected chi connectivity index (χ2v) is 7.69. The first kappa shape index (κ1) is 21.1. The van der Waals surface area contributed by atoms with Gasteiger partial charge >= 0.3 is 5.63 Å². The van der Waals surface area contributed by atoms with Gasteiger partial charge in [-0.25, -0.2) is 4.79 Å². The van der Waals surface area contributed by atoms with Gasteiger partial charge in [0.1, 0.15) is 11.2 Å². The molecule has 1 unspecified atom stereocenters. The van der Waals surface area contributed by atoms with E-state index in [4.69, 9.17) is 13.9 Å². The zero-order chi connectivity index (χ0) is 21.8. The Morgan fingerprint density at radius 2 is 1.90 bits per heavy atom. The van der Waals surface area contributed by atoms with Gasteiger partial charge in [0.05, 0.1) is 13.7 Å². The number of hydrogen-bond donors (Lipinski definition) is 2. The van der Waals surface area contributed by atoms with Crippen molar-refractivity contribution in [2.75, 3.05) is 26.9 Å². The lowest BCUT2D eigenvalue weighted by atomic mass is 9.77. The van der Waals surface area contributed by atoms with Crippen molar-refractivity contribution in [2.45, 2.75) is 18.4 Å². The summed E-state index contributed by atoms with van der Waals surface area (Å²) >= 11 is 0. The molecule has 0 aliphatic carbocycles. The number of rotatable bonds is 6. The quantitative estimate of drug-likeness (QED) is 0.592. The molecule has 2 heterocycles. The highest BCUT2D eigenvalue weighted by molar-refractivity contribution is 5.97. The van der Waals surface area contributed by atoms with E-state index in [-0.39, 0.29) is 23.6 Å². The van der Waals surface area contributed by atoms with Crippen LogP contribution in [0, 0.1) is 5.92 Å². The predicted octanol–water partition coefficient (Wildman–Crippen LogP) is 2.85. The van der Waals surface area contributed by atoms with E-state index in [0.29, 0.717) is 37.2 Å². The second-order valence-electron chi connectivity index (χ2n) is 7.69. The second kappa shape index (κ2) is 8.91. The number of carbonyl (C=O) groups is 1. The number of fused-ring (bicyclic) bond motifs is 1. The molecule has 1 aliphatic heterocycles. The van der Waals surface area contributed by atoms with Crippen LogP contribution >= 0.6 is 0 Å². The fourth-order valence-corrected chi connectivity index (χ4v) is 4.13. The molecule has 1 amide bonds. The summed E-state index contributed by atoms with van der Waals surface area (Å²) in [5.74, 6) is -0.263. The summed E-state index contributed by atoms with van der Waals surface area (Å²) in [5, 5.41) is 14.9. The Labute approximate surface area is 179 Å². The first-order valence-electron chi connectivity index (χ1n) is 10.3. The first-order valence-corrected chi connectivity index (χ1v) is 10.3. The fourth-order valence-electron chi connectivity index (χ4n) is 4.13. The third-order valence-corrected chi connectivity index (χ3v) is 5.88. The average molecular weight is 423 g/mol. The Bertz CT molecular complexity index is 1120. The maximum absolute atomic E-state index is 12.9. The van der Waals surface area contributed by atoms with Crippen molar-refractivity contribution in [3.63, 3.8) is 0 Å². The average Bonchev–Trinajstić information content (AvgIpc) is 2.82. The molecular formula is C24H25NO6. The van der Waals surface area contributed by atoms with Crippen LogP contribution in [0.15, 0.2) is 63.8 Å². The van der Waals surface area contributed by atoms with Crippen LogP contribution in [0.4, 0.5) is 0 Å². The van der Waals surface area contributed by atoms with Crippen LogP contribution in [0.3, 0.4) is 0 Å². The van der Waals surface area contributed by atoms with Crippen LogP contribution in [0.1, 0.15) is 28.8 Å². The number of carbonyl (C=O) groups excluding carboxylic acids is 1. The van der Waals surface area contributed by atoms with Gasteiger partial charge in [-0.1, -0.05) is 42.5 Å². The Kier molecular flexibility index (Phi) is 6.06. The van der Waals surface area contributed by atoms with Crippen LogP contribution in [-0.2, 0) is 10.3 Å². The topological polar surface area (TPSA) is 98.0 Å². The van der Waals surface area contributed by atoms with Crippen molar-refractivity contribution in [3.8, 4) is 5.75 Å². The minimum Gasteiger partial charge on any atom is -0.493 e. The number of aliphatic hydroxyl groups is 1. The molecular weight excluding hydrogens is 398 g/mol. The lowest BCUT2D eigenvalue weighted by molar-refractivity contribution is -0.0680. The summed E-state index contributed by atoms with van der Waals surface area (Å²) in [4.78, 5) is 25.4. The van der Waals surface area contributed by atoms with Crippen LogP contribution < -0.4 is 15.7 Å². The molecule has 1 saturated heterocycles. The highest BCUT2D eigenvalue weighted by atomic mass is 16.5. The largest absolute Gasteiger partial charge is 0.493 e. The maximum atomic E-state index is 12.9. The molecule has 1 fully saturated rings. The van der Waals surface area contributed by atoms with E-state index in [9.17, 15) is 14.7 Å². The smallest absolute Gasteiger partial charge is 0.349 e. The number of amides is 1. The van der Waals surface area contributed by atoms with Crippen LogP contribution in [0.5, 0.6) is 5.75 Å². The molecule has 0 saturated carbocycles. The van der Waals surface area contributed by atoms with Gasteiger partial charge in [-0.15, -0.1) is 0 Å². The molecule has 7 nitrogen and oxygen atoms in total. The number of nitrogens with one attached hydrogen (secondary N) is 1. The SMILES string of the molecule is COc1cccc2cc(C(=O)NCC(O)(c3ccccc3)C3CCOCC3)c(=O)oc12. The highest BCUT2D eigenvalue weighted by Gasteiger charge is 2.39. The molecule has 31 heavy (non-hydrogen) atoms. The van der Waals surface area contributed by atoms with Gasteiger partial charge < -0.3 is 24.3 Å². The first-order chi connectivity index (χ1) is 15.0. The van der Waals surface area contributed by atoms with Gasteiger partial charge in [0.25, 0.3) is 5.91 Å². The van der Waals surface area contributed by atoms with Crippen molar-refractivity contribution in [1.29, 1.82) is 0 Å². The molecule has 162 valence electrons. The van der Waals surface area contributed by atoms with E-state index in [1.807, 2.05) is 30.3 Å². The number of hydrogen-bond acceptors (Lipinski definition) is 6. The van der Waals surface area contributed by atoms with Crippen molar-refractivity contribution in [1.82, 2.24) is 5.32 Å². The summed E-state index contributed by atoms with van der Waals surface area (Å²) in [5.41, 5.74) is -1.15. The summed E-state index contributed by atoms with van der Waals surface area (Å²) in [6.45, 7) is 1.09. The highest BCUT2D eigenvalue weighted by Crippen LogP contribution is 2.35.